The molecule has 0 spiro atoms. The Morgan fingerprint density at radius 2 is 2.03 bits per heavy atom. The Kier molecular flexibility index (Phi) is 7.63. The van der Waals surface area contributed by atoms with Crippen LogP contribution in [0.5, 0.6) is 11.5 Å². The van der Waals surface area contributed by atoms with E-state index in [0.29, 0.717) is 17.3 Å². The normalized spacial score (nSPS) is 10.4. The molecule has 0 saturated carbocycles. The Bertz CT molecular complexity index is 971. The Labute approximate surface area is 181 Å². The number of furan rings is 1. The van der Waals surface area contributed by atoms with Gasteiger partial charge in [0.2, 0.25) is 0 Å². The molecule has 158 valence electrons. The topological polar surface area (TPSA) is 116 Å². The number of thiophene rings is 1. The van der Waals surface area contributed by atoms with Gasteiger partial charge in [-0.05, 0) is 42.0 Å². The first-order chi connectivity index (χ1) is 14.5. The van der Waals surface area contributed by atoms with E-state index in [1.165, 1.54) is 11.3 Å². The van der Waals surface area contributed by atoms with Gasteiger partial charge in [0.05, 0.1) is 19.1 Å². The Hall–Kier alpha value is -3.11. The van der Waals surface area contributed by atoms with Crippen LogP contribution in [-0.4, -0.2) is 31.5 Å². The SMILES string of the molecule is COc1ccc(-c2cc(OC(=O)NCCSCc3ccco3)c(NC(N)=O)s2)cc1. The number of ether oxygens (including phenoxy) is 2. The lowest BCUT2D eigenvalue weighted by atomic mass is 10.2. The number of hydrogen-bond donors (Lipinski definition) is 3. The van der Waals surface area contributed by atoms with Gasteiger partial charge in [0, 0.05) is 23.2 Å². The number of primary amides is 1. The van der Waals surface area contributed by atoms with Crippen LogP contribution in [0, 0.1) is 0 Å². The molecule has 2 aromatic heterocycles. The van der Waals surface area contributed by atoms with Crippen LogP contribution in [0.1, 0.15) is 5.76 Å². The van der Waals surface area contributed by atoms with Crippen molar-refractivity contribution in [3.63, 3.8) is 0 Å². The van der Waals surface area contributed by atoms with Crippen LogP contribution in [0.4, 0.5) is 14.6 Å². The third kappa shape index (κ3) is 6.19. The average molecular weight is 448 g/mol. The van der Waals surface area contributed by atoms with Crippen molar-refractivity contribution >= 4 is 40.2 Å². The molecule has 3 amide bonds. The van der Waals surface area contributed by atoms with E-state index in [-0.39, 0.29) is 5.75 Å². The summed E-state index contributed by atoms with van der Waals surface area (Å²) in [7, 11) is 1.59. The first-order valence-electron chi connectivity index (χ1n) is 8.95. The van der Waals surface area contributed by atoms with Gasteiger partial charge in [0.25, 0.3) is 0 Å². The van der Waals surface area contributed by atoms with Crippen LogP contribution < -0.4 is 25.8 Å². The number of nitrogens with two attached hydrogens (primary N) is 1. The van der Waals surface area contributed by atoms with Gasteiger partial charge >= 0.3 is 12.1 Å². The molecule has 0 radical (unpaired) electrons. The monoisotopic (exact) mass is 447 g/mol. The number of hydrogen-bond acceptors (Lipinski definition) is 7. The van der Waals surface area contributed by atoms with E-state index in [2.05, 4.69) is 10.6 Å². The number of methoxy groups -OCH3 is 1. The average Bonchev–Trinajstić information content (AvgIpc) is 3.38. The molecule has 0 aliphatic heterocycles. The molecule has 0 aliphatic carbocycles. The number of amides is 3. The number of benzene rings is 1. The highest BCUT2D eigenvalue weighted by Gasteiger charge is 2.16. The summed E-state index contributed by atoms with van der Waals surface area (Å²) in [5.74, 6) is 3.26. The number of anilines is 1. The molecule has 8 nitrogen and oxygen atoms in total. The van der Waals surface area contributed by atoms with Gasteiger partial charge in [-0.3, -0.25) is 5.32 Å². The Balaban J connectivity index is 1.57. The van der Waals surface area contributed by atoms with Crippen LogP contribution in [0.25, 0.3) is 10.4 Å². The summed E-state index contributed by atoms with van der Waals surface area (Å²) in [5, 5.41) is 5.54. The van der Waals surface area contributed by atoms with Crippen molar-refractivity contribution in [2.75, 3.05) is 24.7 Å². The fraction of sp³-hybridized carbons (Fsp3) is 0.200. The fourth-order valence-corrected chi connectivity index (χ4v) is 4.22. The number of rotatable bonds is 9. The predicted molar refractivity (Wildman–Crippen MR) is 118 cm³/mol. The minimum absolute atomic E-state index is 0.227. The van der Waals surface area contributed by atoms with Crippen molar-refractivity contribution < 1.29 is 23.5 Å². The van der Waals surface area contributed by atoms with E-state index >= 15 is 0 Å². The summed E-state index contributed by atoms with van der Waals surface area (Å²) in [6.45, 7) is 0.429. The molecule has 30 heavy (non-hydrogen) atoms. The van der Waals surface area contributed by atoms with Gasteiger partial charge in [-0.2, -0.15) is 11.8 Å². The van der Waals surface area contributed by atoms with Crippen molar-refractivity contribution in [3.8, 4) is 21.9 Å². The van der Waals surface area contributed by atoms with Crippen molar-refractivity contribution in [1.82, 2.24) is 5.32 Å². The quantitative estimate of drug-likeness (QED) is 0.415. The summed E-state index contributed by atoms with van der Waals surface area (Å²) >= 11 is 2.88. The first kappa shape index (κ1) is 21.6. The number of carbonyl (C=O) groups is 2. The third-order valence-corrected chi connectivity index (χ3v) is 5.91. The molecule has 0 aliphatic rings. The molecule has 4 N–H and O–H groups in total. The lowest BCUT2D eigenvalue weighted by molar-refractivity contribution is 0.201. The van der Waals surface area contributed by atoms with Crippen molar-refractivity contribution in [2.45, 2.75) is 5.75 Å². The highest BCUT2D eigenvalue weighted by atomic mass is 32.2. The number of urea groups is 1. The van der Waals surface area contributed by atoms with Crippen molar-refractivity contribution in [3.05, 3.63) is 54.5 Å². The molecule has 0 bridgehead atoms. The minimum Gasteiger partial charge on any atom is -0.497 e. The summed E-state index contributed by atoms with van der Waals surface area (Å²) < 4.78 is 15.8. The first-order valence-corrected chi connectivity index (χ1v) is 10.9. The zero-order valence-electron chi connectivity index (χ0n) is 16.2. The minimum atomic E-state index is -0.738. The molecular formula is C20H21N3O5S2. The molecule has 2 heterocycles. The standard InChI is InChI=1S/C20H21N3O5S2/c1-26-14-6-4-13(5-7-14)17-11-16(18(30-17)23-19(21)24)28-20(25)22-8-10-29-12-15-3-2-9-27-15/h2-7,9,11H,8,10,12H2,1H3,(H,22,25)(H3,21,23,24). The smallest absolute Gasteiger partial charge is 0.412 e. The Morgan fingerprint density at radius 1 is 1.23 bits per heavy atom. The van der Waals surface area contributed by atoms with Gasteiger partial charge in [0.1, 0.15) is 16.5 Å². The van der Waals surface area contributed by atoms with Gasteiger partial charge < -0.3 is 24.9 Å². The molecule has 10 heteroatoms. The number of thioether (sulfide) groups is 1. The van der Waals surface area contributed by atoms with Gasteiger partial charge in [0.15, 0.2) is 5.75 Å². The summed E-state index contributed by atoms with van der Waals surface area (Å²) in [5.41, 5.74) is 6.12. The zero-order chi connectivity index (χ0) is 21.3. The third-order valence-electron chi connectivity index (χ3n) is 3.85. The second kappa shape index (κ2) is 10.6. The molecule has 3 aromatic rings. The number of nitrogens with one attached hydrogen (secondary N) is 2. The highest BCUT2D eigenvalue weighted by molar-refractivity contribution is 7.98. The fourth-order valence-electron chi connectivity index (χ4n) is 2.48. The molecule has 0 atom stereocenters. The number of carbonyl (C=O) groups excluding carboxylic acids is 2. The van der Waals surface area contributed by atoms with Crippen LogP contribution in [0.15, 0.2) is 53.1 Å². The summed E-state index contributed by atoms with van der Waals surface area (Å²) in [6, 6.07) is 12.1. The Morgan fingerprint density at radius 3 is 2.70 bits per heavy atom. The molecule has 1 aromatic carbocycles. The summed E-state index contributed by atoms with van der Waals surface area (Å²) in [6.07, 6.45) is 1.02. The zero-order valence-corrected chi connectivity index (χ0v) is 17.8. The van der Waals surface area contributed by atoms with E-state index < -0.39 is 12.1 Å². The largest absolute Gasteiger partial charge is 0.497 e. The predicted octanol–water partition coefficient (Wildman–Crippen LogP) is 4.53. The molecule has 0 unspecified atom stereocenters. The van der Waals surface area contributed by atoms with E-state index in [4.69, 9.17) is 19.6 Å². The van der Waals surface area contributed by atoms with Crippen LogP contribution >= 0.6 is 23.1 Å². The maximum atomic E-state index is 12.2. The van der Waals surface area contributed by atoms with E-state index in [9.17, 15) is 9.59 Å². The molecule has 3 rings (SSSR count). The van der Waals surface area contributed by atoms with Crippen molar-refractivity contribution in [1.29, 1.82) is 0 Å². The highest BCUT2D eigenvalue weighted by Crippen LogP contribution is 2.41. The lowest BCUT2D eigenvalue weighted by Gasteiger charge is -2.07. The lowest BCUT2D eigenvalue weighted by Crippen LogP contribution is -2.29. The van der Waals surface area contributed by atoms with E-state index in [1.807, 2.05) is 36.4 Å². The van der Waals surface area contributed by atoms with Crippen LogP contribution in [0.2, 0.25) is 0 Å². The van der Waals surface area contributed by atoms with Gasteiger partial charge in [-0.15, -0.1) is 11.3 Å². The molecule has 0 fully saturated rings. The van der Waals surface area contributed by atoms with E-state index in [1.54, 1.807) is 31.2 Å². The summed E-state index contributed by atoms with van der Waals surface area (Å²) in [4.78, 5) is 24.3. The van der Waals surface area contributed by atoms with Gasteiger partial charge in [-0.25, -0.2) is 9.59 Å². The molecular weight excluding hydrogens is 426 g/mol. The van der Waals surface area contributed by atoms with Gasteiger partial charge in [-0.1, -0.05) is 0 Å². The maximum absolute atomic E-state index is 12.2. The van der Waals surface area contributed by atoms with Crippen molar-refractivity contribution in [2.24, 2.45) is 5.73 Å². The molecule has 0 saturated heterocycles. The second-order valence-electron chi connectivity index (χ2n) is 5.97. The maximum Gasteiger partial charge on any atom is 0.412 e. The van der Waals surface area contributed by atoms with Crippen LogP contribution in [-0.2, 0) is 5.75 Å². The van der Waals surface area contributed by atoms with E-state index in [0.717, 1.165) is 27.7 Å². The second-order valence-corrected chi connectivity index (χ2v) is 8.13. The van der Waals surface area contributed by atoms with Crippen LogP contribution in [0.3, 0.4) is 0 Å².